The van der Waals surface area contributed by atoms with Crippen LogP contribution < -0.4 is 14.8 Å². The lowest BCUT2D eigenvalue weighted by Crippen LogP contribution is -2.20. The van der Waals surface area contributed by atoms with Crippen molar-refractivity contribution in [3.8, 4) is 5.75 Å². The molecule has 0 radical (unpaired) electrons. The second-order valence-electron chi connectivity index (χ2n) is 6.74. The number of hydrogen-bond donors (Lipinski definition) is 2. The van der Waals surface area contributed by atoms with Gasteiger partial charge >= 0.3 is 0 Å². The summed E-state index contributed by atoms with van der Waals surface area (Å²) in [4.78, 5) is 12.1. The molecule has 3 rings (SSSR count). The van der Waals surface area contributed by atoms with Crippen LogP contribution >= 0.6 is 11.6 Å². The lowest BCUT2D eigenvalue weighted by atomic mass is 10.1. The van der Waals surface area contributed by atoms with Gasteiger partial charge in [0, 0.05) is 10.7 Å². The molecule has 0 atom stereocenters. The summed E-state index contributed by atoms with van der Waals surface area (Å²) < 4.78 is 33.3. The van der Waals surface area contributed by atoms with Crippen molar-refractivity contribution in [3.63, 3.8) is 0 Å². The molecule has 0 saturated heterocycles. The summed E-state index contributed by atoms with van der Waals surface area (Å²) in [5.74, 6) is 0.0394. The molecule has 0 unspecified atom stereocenters. The van der Waals surface area contributed by atoms with Crippen molar-refractivity contribution in [2.45, 2.75) is 18.7 Å². The lowest BCUT2D eigenvalue weighted by molar-refractivity contribution is -0.118. The van der Waals surface area contributed by atoms with Crippen LogP contribution in [-0.2, 0) is 14.8 Å². The first-order chi connectivity index (χ1) is 14.2. The lowest BCUT2D eigenvalue weighted by Gasteiger charge is -2.12. The van der Waals surface area contributed by atoms with Crippen LogP contribution in [0.3, 0.4) is 0 Å². The Morgan fingerprint density at radius 3 is 2.30 bits per heavy atom. The summed E-state index contributed by atoms with van der Waals surface area (Å²) in [6.45, 7) is 3.52. The van der Waals surface area contributed by atoms with E-state index in [9.17, 15) is 13.2 Å². The van der Waals surface area contributed by atoms with E-state index in [1.54, 1.807) is 30.3 Å². The van der Waals surface area contributed by atoms with E-state index in [0.29, 0.717) is 22.1 Å². The third kappa shape index (κ3) is 5.75. The average molecular weight is 445 g/mol. The third-order valence-electron chi connectivity index (χ3n) is 4.27. The standard InChI is InChI=1S/C22H21ClN2O4S/c1-15-3-4-16(2)21(13-15)25-30(27,28)20-11-9-19(10-12-20)29-14-22(26)24-18-7-5-17(23)6-8-18/h3-13,25H,14H2,1-2H3,(H,24,26). The largest absolute Gasteiger partial charge is 0.484 e. The minimum Gasteiger partial charge on any atom is -0.484 e. The minimum atomic E-state index is -3.74. The Balaban J connectivity index is 1.60. The molecule has 3 aromatic carbocycles. The molecular weight excluding hydrogens is 424 g/mol. The number of nitrogens with one attached hydrogen (secondary N) is 2. The van der Waals surface area contributed by atoms with E-state index in [0.717, 1.165) is 11.1 Å². The zero-order chi connectivity index (χ0) is 21.7. The first-order valence-corrected chi connectivity index (χ1v) is 11.0. The number of ether oxygens (including phenoxy) is 1. The second-order valence-corrected chi connectivity index (χ2v) is 8.86. The van der Waals surface area contributed by atoms with Gasteiger partial charge in [0.25, 0.3) is 15.9 Å². The quantitative estimate of drug-likeness (QED) is 0.549. The van der Waals surface area contributed by atoms with Crippen molar-refractivity contribution < 1.29 is 17.9 Å². The molecule has 3 aromatic rings. The number of rotatable bonds is 7. The van der Waals surface area contributed by atoms with Gasteiger partial charge in [0.2, 0.25) is 0 Å². The van der Waals surface area contributed by atoms with Gasteiger partial charge in [-0.15, -0.1) is 0 Å². The van der Waals surface area contributed by atoms with Gasteiger partial charge in [0.1, 0.15) is 5.75 Å². The second kappa shape index (κ2) is 9.19. The Morgan fingerprint density at radius 1 is 0.967 bits per heavy atom. The van der Waals surface area contributed by atoms with Crippen LogP contribution in [0.5, 0.6) is 5.75 Å². The molecular formula is C22H21ClN2O4S. The van der Waals surface area contributed by atoms with Gasteiger partial charge in [-0.1, -0.05) is 23.7 Å². The van der Waals surface area contributed by atoms with Crippen molar-refractivity contribution in [2.75, 3.05) is 16.6 Å². The molecule has 8 heteroatoms. The molecule has 0 aliphatic heterocycles. The van der Waals surface area contributed by atoms with Gasteiger partial charge < -0.3 is 10.1 Å². The molecule has 6 nitrogen and oxygen atoms in total. The highest BCUT2D eigenvalue weighted by molar-refractivity contribution is 7.92. The molecule has 0 aromatic heterocycles. The molecule has 0 aliphatic carbocycles. The van der Waals surface area contributed by atoms with Crippen LogP contribution in [0.4, 0.5) is 11.4 Å². The Bertz CT molecular complexity index is 1140. The topological polar surface area (TPSA) is 84.5 Å². The zero-order valence-corrected chi connectivity index (χ0v) is 18.0. The summed E-state index contributed by atoms with van der Waals surface area (Å²) in [6, 6.07) is 18.1. The molecule has 30 heavy (non-hydrogen) atoms. The molecule has 0 bridgehead atoms. The maximum absolute atomic E-state index is 12.6. The van der Waals surface area contributed by atoms with Crippen LogP contribution in [0.25, 0.3) is 0 Å². The predicted octanol–water partition coefficient (Wildman–Crippen LogP) is 4.78. The van der Waals surface area contributed by atoms with E-state index in [4.69, 9.17) is 16.3 Å². The van der Waals surface area contributed by atoms with Gasteiger partial charge in [-0.05, 0) is 79.6 Å². The van der Waals surface area contributed by atoms with Crippen molar-refractivity contribution >= 4 is 38.9 Å². The van der Waals surface area contributed by atoms with Crippen LogP contribution in [0.2, 0.25) is 5.02 Å². The number of halogens is 1. The van der Waals surface area contributed by atoms with Crippen LogP contribution in [0.1, 0.15) is 11.1 Å². The number of carbonyl (C=O) groups is 1. The van der Waals surface area contributed by atoms with Crippen molar-refractivity contribution in [3.05, 3.63) is 82.9 Å². The van der Waals surface area contributed by atoms with Crippen LogP contribution in [0, 0.1) is 13.8 Å². The summed E-state index contributed by atoms with van der Waals surface area (Å²) in [5.41, 5.74) is 2.93. The SMILES string of the molecule is Cc1ccc(C)c(NS(=O)(=O)c2ccc(OCC(=O)Nc3ccc(Cl)cc3)cc2)c1. The first-order valence-electron chi connectivity index (χ1n) is 9.11. The molecule has 0 fully saturated rings. The Hall–Kier alpha value is -3.03. The zero-order valence-electron chi connectivity index (χ0n) is 16.5. The number of sulfonamides is 1. The Morgan fingerprint density at radius 2 is 1.63 bits per heavy atom. The highest BCUT2D eigenvalue weighted by Crippen LogP contribution is 2.22. The van der Waals surface area contributed by atoms with Crippen LogP contribution in [0.15, 0.2) is 71.6 Å². The van der Waals surface area contributed by atoms with E-state index in [1.165, 1.54) is 24.3 Å². The van der Waals surface area contributed by atoms with E-state index in [-0.39, 0.29) is 17.4 Å². The van der Waals surface area contributed by atoms with Gasteiger partial charge in [-0.25, -0.2) is 8.42 Å². The molecule has 0 aliphatic rings. The van der Waals surface area contributed by atoms with E-state index in [2.05, 4.69) is 10.0 Å². The van der Waals surface area contributed by atoms with E-state index in [1.807, 2.05) is 26.0 Å². The maximum atomic E-state index is 12.6. The highest BCUT2D eigenvalue weighted by Gasteiger charge is 2.15. The number of carbonyl (C=O) groups excluding carboxylic acids is 1. The van der Waals surface area contributed by atoms with Gasteiger partial charge in [0.05, 0.1) is 10.6 Å². The number of aryl methyl sites for hydroxylation is 2. The van der Waals surface area contributed by atoms with Gasteiger partial charge in [0.15, 0.2) is 6.61 Å². The molecule has 156 valence electrons. The van der Waals surface area contributed by atoms with E-state index < -0.39 is 10.0 Å². The minimum absolute atomic E-state index is 0.0985. The molecule has 0 spiro atoms. The predicted molar refractivity (Wildman–Crippen MR) is 119 cm³/mol. The fraction of sp³-hybridized carbons (Fsp3) is 0.136. The number of benzene rings is 3. The fourth-order valence-electron chi connectivity index (χ4n) is 2.64. The third-order valence-corrected chi connectivity index (χ3v) is 5.90. The summed E-state index contributed by atoms with van der Waals surface area (Å²) in [7, 11) is -3.74. The molecule has 0 saturated carbocycles. The molecule has 2 N–H and O–H groups in total. The summed E-state index contributed by atoms with van der Waals surface area (Å²) in [6.07, 6.45) is 0. The smallest absolute Gasteiger partial charge is 0.262 e. The highest BCUT2D eigenvalue weighted by atomic mass is 35.5. The van der Waals surface area contributed by atoms with Crippen molar-refractivity contribution in [1.82, 2.24) is 0 Å². The maximum Gasteiger partial charge on any atom is 0.262 e. The number of hydrogen-bond acceptors (Lipinski definition) is 4. The normalized spacial score (nSPS) is 11.0. The molecule has 0 heterocycles. The number of amides is 1. The van der Waals surface area contributed by atoms with Crippen LogP contribution in [-0.4, -0.2) is 20.9 Å². The average Bonchev–Trinajstić information content (AvgIpc) is 2.71. The van der Waals surface area contributed by atoms with Gasteiger partial charge in [-0.2, -0.15) is 0 Å². The fourth-order valence-corrected chi connectivity index (χ4v) is 3.89. The summed E-state index contributed by atoms with van der Waals surface area (Å²) in [5, 5.41) is 3.26. The summed E-state index contributed by atoms with van der Waals surface area (Å²) >= 11 is 5.81. The van der Waals surface area contributed by atoms with E-state index >= 15 is 0 Å². The van der Waals surface area contributed by atoms with Crippen molar-refractivity contribution in [2.24, 2.45) is 0 Å². The molecule has 1 amide bonds. The monoisotopic (exact) mass is 444 g/mol. The van der Waals surface area contributed by atoms with Crippen molar-refractivity contribution in [1.29, 1.82) is 0 Å². The number of anilines is 2. The van der Waals surface area contributed by atoms with Gasteiger partial charge in [-0.3, -0.25) is 9.52 Å². The Labute approximate surface area is 180 Å². The first kappa shape index (κ1) is 21.7. The Kier molecular flexibility index (Phi) is 6.64.